The topological polar surface area (TPSA) is 54.0 Å². The average molecular weight is 296 g/mol. The maximum atomic E-state index is 11.2. The number of carbonyl (C=O) groups excluding carboxylic acids is 1. The first-order valence-corrected chi connectivity index (χ1v) is 7.11. The summed E-state index contributed by atoms with van der Waals surface area (Å²) in [7, 11) is 0. The molecule has 0 aliphatic rings. The Labute approximate surface area is 120 Å². The summed E-state index contributed by atoms with van der Waals surface area (Å²) in [4.78, 5) is 15.4. The summed E-state index contributed by atoms with van der Waals surface area (Å²) in [6.45, 7) is 2.46. The SMILES string of the molecule is CCC(=O)Nc1ccc(NCc2ncc(Cl)s2)cc1. The van der Waals surface area contributed by atoms with Gasteiger partial charge in [-0.2, -0.15) is 0 Å². The smallest absolute Gasteiger partial charge is 0.224 e. The van der Waals surface area contributed by atoms with Gasteiger partial charge in [-0.3, -0.25) is 4.79 Å². The molecule has 0 radical (unpaired) electrons. The van der Waals surface area contributed by atoms with Crippen molar-refractivity contribution in [1.29, 1.82) is 0 Å². The van der Waals surface area contributed by atoms with Crippen LogP contribution in [0.4, 0.5) is 11.4 Å². The molecule has 0 bridgehead atoms. The van der Waals surface area contributed by atoms with Gasteiger partial charge in [-0.1, -0.05) is 18.5 Å². The predicted molar refractivity (Wildman–Crippen MR) is 79.8 cm³/mol. The molecule has 1 amide bonds. The predicted octanol–water partition coefficient (Wildman–Crippen LogP) is 3.76. The van der Waals surface area contributed by atoms with E-state index in [1.807, 2.05) is 31.2 Å². The van der Waals surface area contributed by atoms with E-state index in [4.69, 9.17) is 11.6 Å². The van der Waals surface area contributed by atoms with Gasteiger partial charge in [0.05, 0.1) is 12.7 Å². The van der Waals surface area contributed by atoms with Crippen molar-refractivity contribution in [3.05, 3.63) is 39.8 Å². The number of aromatic nitrogens is 1. The maximum Gasteiger partial charge on any atom is 0.224 e. The van der Waals surface area contributed by atoms with E-state index >= 15 is 0 Å². The number of anilines is 2. The lowest BCUT2D eigenvalue weighted by atomic mass is 10.2. The number of carbonyl (C=O) groups is 1. The van der Waals surface area contributed by atoms with Crippen LogP contribution in [0.15, 0.2) is 30.5 Å². The van der Waals surface area contributed by atoms with E-state index in [1.165, 1.54) is 11.3 Å². The Morgan fingerprint density at radius 1 is 1.32 bits per heavy atom. The van der Waals surface area contributed by atoms with Crippen LogP contribution in [0.5, 0.6) is 0 Å². The zero-order valence-corrected chi connectivity index (χ0v) is 12.0. The molecule has 1 aromatic heterocycles. The third-order valence-electron chi connectivity index (χ3n) is 2.46. The number of amides is 1. The number of hydrogen-bond donors (Lipinski definition) is 2. The number of hydrogen-bond acceptors (Lipinski definition) is 4. The molecule has 1 heterocycles. The highest BCUT2D eigenvalue weighted by Gasteiger charge is 2.01. The van der Waals surface area contributed by atoms with Crippen LogP contribution in [0.3, 0.4) is 0 Å². The van der Waals surface area contributed by atoms with Crippen molar-refractivity contribution in [3.8, 4) is 0 Å². The summed E-state index contributed by atoms with van der Waals surface area (Å²) in [6.07, 6.45) is 2.12. The Morgan fingerprint density at radius 2 is 2.00 bits per heavy atom. The third-order valence-corrected chi connectivity index (χ3v) is 3.57. The quantitative estimate of drug-likeness (QED) is 0.883. The van der Waals surface area contributed by atoms with Crippen molar-refractivity contribution in [3.63, 3.8) is 0 Å². The lowest BCUT2D eigenvalue weighted by Crippen LogP contribution is -2.09. The van der Waals surface area contributed by atoms with Gasteiger partial charge >= 0.3 is 0 Å². The van der Waals surface area contributed by atoms with E-state index in [0.717, 1.165) is 16.4 Å². The maximum absolute atomic E-state index is 11.2. The summed E-state index contributed by atoms with van der Waals surface area (Å²) < 4.78 is 0.689. The van der Waals surface area contributed by atoms with Crippen LogP contribution in [0, 0.1) is 0 Å². The van der Waals surface area contributed by atoms with Gasteiger partial charge < -0.3 is 10.6 Å². The minimum Gasteiger partial charge on any atom is -0.379 e. The molecule has 1 aromatic carbocycles. The Bertz CT molecular complexity index is 553. The fraction of sp³-hybridized carbons (Fsp3) is 0.231. The number of halogens is 1. The number of nitrogens with one attached hydrogen (secondary N) is 2. The van der Waals surface area contributed by atoms with Crippen molar-refractivity contribution in [2.75, 3.05) is 10.6 Å². The van der Waals surface area contributed by atoms with E-state index in [2.05, 4.69) is 15.6 Å². The fourth-order valence-corrected chi connectivity index (χ4v) is 2.36. The summed E-state index contributed by atoms with van der Waals surface area (Å²) in [5.74, 6) is 0.0122. The second kappa shape index (κ2) is 6.54. The molecule has 0 fully saturated rings. The third kappa shape index (κ3) is 4.22. The zero-order chi connectivity index (χ0) is 13.7. The molecule has 2 aromatic rings. The van der Waals surface area contributed by atoms with Gasteiger partial charge in [0.2, 0.25) is 5.91 Å². The summed E-state index contributed by atoms with van der Waals surface area (Å²) in [6, 6.07) is 7.57. The van der Waals surface area contributed by atoms with E-state index in [0.29, 0.717) is 17.3 Å². The lowest BCUT2D eigenvalue weighted by Gasteiger charge is -2.07. The van der Waals surface area contributed by atoms with Crippen LogP contribution in [-0.2, 0) is 11.3 Å². The van der Waals surface area contributed by atoms with Crippen molar-refractivity contribution >= 4 is 40.2 Å². The standard InChI is InChI=1S/C13H14ClN3OS/c1-2-12(18)17-10-5-3-9(4-6-10)15-8-13-16-7-11(14)19-13/h3-7,15H,2,8H2,1H3,(H,17,18). The minimum atomic E-state index is 0.0122. The van der Waals surface area contributed by atoms with Crippen molar-refractivity contribution in [2.24, 2.45) is 0 Å². The monoisotopic (exact) mass is 295 g/mol. The summed E-state index contributed by atoms with van der Waals surface area (Å²) in [5.41, 5.74) is 1.77. The molecule has 0 aliphatic heterocycles. The first-order chi connectivity index (χ1) is 9.17. The van der Waals surface area contributed by atoms with Crippen molar-refractivity contribution in [1.82, 2.24) is 4.98 Å². The number of nitrogens with zero attached hydrogens (tertiary/aromatic N) is 1. The Balaban J connectivity index is 1.89. The molecule has 2 N–H and O–H groups in total. The summed E-state index contributed by atoms with van der Waals surface area (Å²) in [5, 5.41) is 6.99. The van der Waals surface area contributed by atoms with Gasteiger partial charge in [0.1, 0.15) is 9.34 Å². The van der Waals surface area contributed by atoms with Gasteiger partial charge in [-0.05, 0) is 24.3 Å². The molecule has 0 saturated carbocycles. The summed E-state index contributed by atoms with van der Waals surface area (Å²) >= 11 is 7.27. The highest BCUT2D eigenvalue weighted by atomic mass is 35.5. The molecule has 4 nitrogen and oxygen atoms in total. The normalized spacial score (nSPS) is 10.2. The number of benzene rings is 1. The highest BCUT2D eigenvalue weighted by molar-refractivity contribution is 7.15. The largest absolute Gasteiger partial charge is 0.379 e. The molecule has 6 heteroatoms. The van der Waals surface area contributed by atoms with Crippen LogP contribution in [0.25, 0.3) is 0 Å². The van der Waals surface area contributed by atoms with Gasteiger partial charge in [0, 0.05) is 17.8 Å². The number of rotatable bonds is 5. The van der Waals surface area contributed by atoms with Crippen LogP contribution >= 0.6 is 22.9 Å². The van der Waals surface area contributed by atoms with Crippen LogP contribution < -0.4 is 10.6 Å². The highest BCUT2D eigenvalue weighted by Crippen LogP contribution is 2.20. The fourth-order valence-electron chi connectivity index (χ4n) is 1.47. The Hall–Kier alpha value is -1.59. The molecule has 19 heavy (non-hydrogen) atoms. The first kappa shape index (κ1) is 13.8. The van der Waals surface area contributed by atoms with Gasteiger partial charge in [0.25, 0.3) is 0 Å². The first-order valence-electron chi connectivity index (χ1n) is 5.91. The minimum absolute atomic E-state index is 0.0122. The average Bonchev–Trinajstić information content (AvgIpc) is 2.83. The Kier molecular flexibility index (Phi) is 4.76. The second-order valence-corrected chi connectivity index (χ2v) is 5.64. The van der Waals surface area contributed by atoms with Gasteiger partial charge in [-0.25, -0.2) is 4.98 Å². The zero-order valence-electron chi connectivity index (χ0n) is 10.4. The second-order valence-electron chi connectivity index (χ2n) is 3.89. The molecule has 0 aliphatic carbocycles. The molecular formula is C13H14ClN3OS. The van der Waals surface area contributed by atoms with E-state index in [9.17, 15) is 4.79 Å². The van der Waals surface area contributed by atoms with Crippen molar-refractivity contribution < 1.29 is 4.79 Å². The molecule has 100 valence electrons. The van der Waals surface area contributed by atoms with Crippen LogP contribution in [-0.4, -0.2) is 10.9 Å². The van der Waals surface area contributed by atoms with Crippen LogP contribution in [0.1, 0.15) is 18.4 Å². The van der Waals surface area contributed by atoms with Gasteiger partial charge in [0.15, 0.2) is 0 Å². The molecular weight excluding hydrogens is 282 g/mol. The van der Waals surface area contributed by atoms with Crippen molar-refractivity contribution in [2.45, 2.75) is 19.9 Å². The van der Waals surface area contributed by atoms with E-state index in [-0.39, 0.29) is 5.91 Å². The Morgan fingerprint density at radius 3 is 2.58 bits per heavy atom. The van der Waals surface area contributed by atoms with Gasteiger partial charge in [-0.15, -0.1) is 11.3 Å². The lowest BCUT2D eigenvalue weighted by molar-refractivity contribution is -0.115. The number of thiazole rings is 1. The molecule has 2 rings (SSSR count). The van der Waals surface area contributed by atoms with E-state index < -0.39 is 0 Å². The molecule has 0 saturated heterocycles. The molecule has 0 atom stereocenters. The van der Waals surface area contributed by atoms with Crippen LogP contribution in [0.2, 0.25) is 4.34 Å². The molecule has 0 unspecified atom stereocenters. The van der Waals surface area contributed by atoms with E-state index in [1.54, 1.807) is 6.20 Å². The molecule has 0 spiro atoms.